The highest BCUT2D eigenvalue weighted by Gasteiger charge is 2.19. The summed E-state index contributed by atoms with van der Waals surface area (Å²) in [6.45, 7) is 1.82. The van der Waals surface area contributed by atoms with Gasteiger partial charge in [-0.25, -0.2) is 0 Å². The Morgan fingerprint density at radius 2 is 1.76 bits per heavy atom. The summed E-state index contributed by atoms with van der Waals surface area (Å²) < 4.78 is 5.38. The minimum Gasteiger partial charge on any atom is -0.508 e. The van der Waals surface area contributed by atoms with Crippen LogP contribution in [0.3, 0.4) is 0 Å². The zero-order valence-electron chi connectivity index (χ0n) is 11.9. The molecule has 0 aliphatic rings. The molecule has 21 heavy (non-hydrogen) atoms. The first kappa shape index (κ1) is 15.1. The predicted molar refractivity (Wildman–Crippen MR) is 80.7 cm³/mol. The van der Waals surface area contributed by atoms with Crippen molar-refractivity contribution >= 4 is 5.97 Å². The van der Waals surface area contributed by atoms with Crippen LogP contribution in [0.2, 0.25) is 0 Å². The molecule has 2 rings (SSSR count). The number of hydrogen-bond acceptors (Lipinski definition) is 4. The van der Waals surface area contributed by atoms with E-state index >= 15 is 0 Å². The Bertz CT molecular complexity index is 581. The molecule has 0 aliphatic carbocycles. The number of phenolic OH excluding ortho intramolecular Hbond substituents is 1. The van der Waals surface area contributed by atoms with Crippen LogP contribution in [0.25, 0.3) is 0 Å². The second-order valence-corrected chi connectivity index (χ2v) is 4.97. The van der Waals surface area contributed by atoms with E-state index in [0.29, 0.717) is 6.42 Å². The SMILES string of the molecule is CC(OC(=O)[C@H](N)Cc1ccc(O)cc1)c1ccccc1. The van der Waals surface area contributed by atoms with Crippen LogP contribution in [-0.2, 0) is 16.0 Å². The summed E-state index contributed by atoms with van der Waals surface area (Å²) in [5, 5.41) is 9.22. The number of hydrogen-bond donors (Lipinski definition) is 2. The van der Waals surface area contributed by atoms with Gasteiger partial charge in [0.1, 0.15) is 17.9 Å². The Morgan fingerprint density at radius 1 is 1.14 bits per heavy atom. The zero-order valence-corrected chi connectivity index (χ0v) is 11.9. The molecule has 0 saturated heterocycles. The highest BCUT2D eigenvalue weighted by molar-refractivity contribution is 5.76. The maximum atomic E-state index is 12.0. The smallest absolute Gasteiger partial charge is 0.323 e. The molecule has 110 valence electrons. The van der Waals surface area contributed by atoms with Gasteiger partial charge < -0.3 is 15.6 Å². The van der Waals surface area contributed by atoms with Gasteiger partial charge in [-0.15, -0.1) is 0 Å². The second kappa shape index (κ2) is 6.90. The summed E-state index contributed by atoms with van der Waals surface area (Å²) in [5.74, 6) is -0.243. The highest BCUT2D eigenvalue weighted by atomic mass is 16.5. The van der Waals surface area contributed by atoms with Gasteiger partial charge in [-0.1, -0.05) is 42.5 Å². The molecule has 0 aromatic heterocycles. The van der Waals surface area contributed by atoms with Crippen molar-refractivity contribution in [2.75, 3.05) is 0 Å². The minimum atomic E-state index is -0.722. The molecule has 0 amide bonds. The summed E-state index contributed by atoms with van der Waals surface area (Å²) in [6, 6.07) is 15.4. The van der Waals surface area contributed by atoms with Gasteiger partial charge in [-0.3, -0.25) is 4.79 Å². The number of benzene rings is 2. The number of ether oxygens (including phenoxy) is 1. The molecule has 3 N–H and O–H groups in total. The van der Waals surface area contributed by atoms with Gasteiger partial charge in [0.05, 0.1) is 0 Å². The third kappa shape index (κ3) is 4.33. The average molecular weight is 285 g/mol. The van der Waals surface area contributed by atoms with Crippen LogP contribution in [0.5, 0.6) is 5.75 Å². The topological polar surface area (TPSA) is 72.5 Å². The summed E-state index contributed by atoms with van der Waals surface area (Å²) >= 11 is 0. The lowest BCUT2D eigenvalue weighted by Crippen LogP contribution is -2.34. The molecule has 2 atom stereocenters. The van der Waals surface area contributed by atoms with Crippen molar-refractivity contribution in [3.63, 3.8) is 0 Å². The van der Waals surface area contributed by atoms with Gasteiger partial charge in [0.25, 0.3) is 0 Å². The molecule has 0 saturated carbocycles. The number of phenols is 1. The minimum absolute atomic E-state index is 0.188. The summed E-state index contributed by atoms with van der Waals surface area (Å²) in [6.07, 6.45) is 0.0465. The van der Waals surface area contributed by atoms with Crippen LogP contribution >= 0.6 is 0 Å². The Balaban J connectivity index is 1.92. The van der Waals surface area contributed by atoms with E-state index in [1.54, 1.807) is 24.3 Å². The van der Waals surface area contributed by atoms with Crippen LogP contribution in [0, 0.1) is 0 Å². The monoisotopic (exact) mass is 285 g/mol. The fourth-order valence-corrected chi connectivity index (χ4v) is 2.02. The highest BCUT2D eigenvalue weighted by Crippen LogP contribution is 2.17. The van der Waals surface area contributed by atoms with Crippen molar-refractivity contribution in [3.8, 4) is 5.75 Å². The molecule has 0 spiro atoms. The lowest BCUT2D eigenvalue weighted by atomic mass is 10.1. The maximum absolute atomic E-state index is 12.0. The van der Waals surface area contributed by atoms with E-state index in [4.69, 9.17) is 10.5 Å². The maximum Gasteiger partial charge on any atom is 0.323 e. The van der Waals surface area contributed by atoms with Crippen molar-refractivity contribution < 1.29 is 14.6 Å². The van der Waals surface area contributed by atoms with E-state index in [2.05, 4.69) is 0 Å². The average Bonchev–Trinajstić information content (AvgIpc) is 2.50. The normalized spacial score (nSPS) is 13.4. The Kier molecular flexibility index (Phi) is 4.95. The second-order valence-electron chi connectivity index (χ2n) is 4.97. The van der Waals surface area contributed by atoms with Crippen molar-refractivity contribution in [2.24, 2.45) is 5.73 Å². The molecule has 4 heteroatoms. The predicted octanol–water partition coefficient (Wildman–Crippen LogP) is 2.57. The number of esters is 1. The van der Waals surface area contributed by atoms with Gasteiger partial charge >= 0.3 is 5.97 Å². The van der Waals surface area contributed by atoms with Gasteiger partial charge in [0.2, 0.25) is 0 Å². The van der Waals surface area contributed by atoms with Crippen LogP contribution in [0.15, 0.2) is 54.6 Å². The largest absolute Gasteiger partial charge is 0.508 e. The third-order valence-electron chi connectivity index (χ3n) is 3.26. The molecule has 0 aliphatic heterocycles. The van der Waals surface area contributed by atoms with E-state index in [1.807, 2.05) is 37.3 Å². The third-order valence-corrected chi connectivity index (χ3v) is 3.26. The van der Waals surface area contributed by atoms with E-state index in [0.717, 1.165) is 11.1 Å². The Hall–Kier alpha value is -2.33. The summed E-state index contributed by atoms with van der Waals surface area (Å²) in [4.78, 5) is 12.0. The van der Waals surface area contributed by atoms with Gasteiger partial charge in [0, 0.05) is 0 Å². The van der Waals surface area contributed by atoms with Crippen LogP contribution in [-0.4, -0.2) is 17.1 Å². The van der Waals surface area contributed by atoms with E-state index in [9.17, 15) is 9.90 Å². The van der Waals surface area contributed by atoms with Gasteiger partial charge in [0.15, 0.2) is 0 Å². The van der Waals surface area contributed by atoms with Gasteiger partial charge in [-0.05, 0) is 36.6 Å². The molecular formula is C17H19NO3. The molecule has 1 unspecified atom stereocenters. The number of carbonyl (C=O) groups excluding carboxylic acids is 1. The van der Waals surface area contributed by atoms with Crippen molar-refractivity contribution in [1.82, 2.24) is 0 Å². The summed E-state index contributed by atoms with van der Waals surface area (Å²) in [7, 11) is 0. The number of nitrogens with two attached hydrogens (primary N) is 1. The Labute approximate surface area is 124 Å². The molecule has 0 heterocycles. The zero-order chi connectivity index (χ0) is 15.2. The van der Waals surface area contributed by atoms with Gasteiger partial charge in [-0.2, -0.15) is 0 Å². The van der Waals surface area contributed by atoms with Crippen LogP contribution in [0.4, 0.5) is 0 Å². The first-order valence-corrected chi connectivity index (χ1v) is 6.85. The number of aromatic hydroxyl groups is 1. The fraction of sp³-hybridized carbons (Fsp3) is 0.235. The lowest BCUT2D eigenvalue weighted by molar-refractivity contribution is -0.150. The molecule has 0 radical (unpaired) electrons. The standard InChI is InChI=1S/C17H19NO3/c1-12(14-5-3-2-4-6-14)21-17(20)16(18)11-13-7-9-15(19)10-8-13/h2-10,12,16,19H,11,18H2,1H3/t12?,16-/m1/s1. The van der Waals surface area contributed by atoms with E-state index in [1.165, 1.54) is 0 Å². The molecular weight excluding hydrogens is 266 g/mol. The molecule has 0 fully saturated rings. The van der Waals surface area contributed by atoms with Crippen molar-refractivity contribution in [2.45, 2.75) is 25.5 Å². The first-order chi connectivity index (χ1) is 10.1. The molecule has 2 aromatic rings. The quantitative estimate of drug-likeness (QED) is 0.828. The van der Waals surface area contributed by atoms with Crippen molar-refractivity contribution in [3.05, 3.63) is 65.7 Å². The summed E-state index contributed by atoms with van der Waals surface area (Å²) in [5.41, 5.74) is 7.69. The van der Waals surface area contributed by atoms with Crippen LogP contribution < -0.4 is 5.73 Å². The molecule has 0 bridgehead atoms. The van der Waals surface area contributed by atoms with E-state index < -0.39 is 12.0 Å². The Morgan fingerprint density at radius 3 is 2.38 bits per heavy atom. The lowest BCUT2D eigenvalue weighted by Gasteiger charge is -2.17. The molecule has 2 aromatic carbocycles. The number of carbonyl (C=O) groups is 1. The van der Waals surface area contributed by atoms with Crippen LogP contribution in [0.1, 0.15) is 24.2 Å². The first-order valence-electron chi connectivity index (χ1n) is 6.85. The molecule has 4 nitrogen and oxygen atoms in total. The number of rotatable bonds is 5. The van der Waals surface area contributed by atoms with E-state index in [-0.39, 0.29) is 11.9 Å². The fourth-order valence-electron chi connectivity index (χ4n) is 2.02. The van der Waals surface area contributed by atoms with Crippen molar-refractivity contribution in [1.29, 1.82) is 0 Å².